The van der Waals surface area contributed by atoms with Crippen LogP contribution in [0.5, 0.6) is 0 Å². The lowest BCUT2D eigenvalue weighted by molar-refractivity contribution is 0.751. The second-order valence-corrected chi connectivity index (χ2v) is 5.98. The average molecular weight is 273 g/mol. The van der Waals surface area contributed by atoms with Crippen LogP contribution in [-0.2, 0) is 0 Å². The van der Waals surface area contributed by atoms with E-state index in [2.05, 4.69) is 33.7 Å². The molecular weight excluding hydrogens is 254 g/mol. The molecule has 0 amide bonds. The predicted molar refractivity (Wildman–Crippen MR) is 81.9 cm³/mol. The van der Waals surface area contributed by atoms with Crippen molar-refractivity contribution in [2.45, 2.75) is 43.7 Å². The maximum absolute atomic E-state index is 4.60. The predicted octanol–water partition coefficient (Wildman–Crippen LogP) is 4.01. The van der Waals surface area contributed by atoms with Gasteiger partial charge < -0.3 is 5.32 Å². The zero-order valence-corrected chi connectivity index (χ0v) is 12.3. The second-order valence-electron chi connectivity index (χ2n) is 5.19. The lowest BCUT2D eigenvalue weighted by atomic mass is 10.2. The van der Waals surface area contributed by atoms with Crippen molar-refractivity contribution in [1.29, 1.82) is 0 Å². The number of rotatable bonds is 3. The zero-order chi connectivity index (χ0) is 13.2. The van der Waals surface area contributed by atoms with Crippen LogP contribution in [0.3, 0.4) is 0 Å². The highest BCUT2D eigenvalue weighted by molar-refractivity contribution is 7.98. The Labute approximate surface area is 118 Å². The topological polar surface area (TPSA) is 37.8 Å². The molecule has 0 unspecified atom stereocenters. The maximum Gasteiger partial charge on any atom is 0.126 e. The number of aryl methyl sites for hydroxylation is 1. The van der Waals surface area contributed by atoms with Crippen molar-refractivity contribution in [2.75, 3.05) is 11.6 Å². The van der Waals surface area contributed by atoms with Crippen LogP contribution < -0.4 is 5.32 Å². The van der Waals surface area contributed by atoms with Crippen LogP contribution in [-0.4, -0.2) is 22.3 Å². The Hall–Kier alpha value is -1.29. The number of aromatic nitrogens is 2. The van der Waals surface area contributed by atoms with E-state index in [1.165, 1.54) is 36.5 Å². The molecule has 100 valence electrons. The van der Waals surface area contributed by atoms with Crippen LogP contribution in [0.4, 0.5) is 5.82 Å². The summed E-state index contributed by atoms with van der Waals surface area (Å²) in [5.74, 6) is 0.986. The molecule has 0 radical (unpaired) electrons. The van der Waals surface area contributed by atoms with Gasteiger partial charge in [0.25, 0.3) is 0 Å². The smallest absolute Gasteiger partial charge is 0.126 e. The summed E-state index contributed by atoms with van der Waals surface area (Å²) in [5, 5.41) is 7.02. The largest absolute Gasteiger partial charge is 0.367 e. The number of nitrogens with one attached hydrogen (secondary N) is 1. The van der Waals surface area contributed by atoms with E-state index < -0.39 is 0 Å². The molecule has 1 aliphatic carbocycles. The normalized spacial score (nSPS) is 16.1. The van der Waals surface area contributed by atoms with Crippen LogP contribution in [0, 0.1) is 6.92 Å². The summed E-state index contributed by atoms with van der Waals surface area (Å²) in [6.07, 6.45) is 9.24. The Bertz CT molecular complexity index is 591. The van der Waals surface area contributed by atoms with Crippen molar-refractivity contribution in [3.8, 4) is 0 Å². The van der Waals surface area contributed by atoms with Crippen LogP contribution in [0.2, 0.25) is 0 Å². The lowest BCUT2D eigenvalue weighted by Crippen LogP contribution is -2.15. The SMILES string of the molecule is CSc1nc(C)cc2cnc(NC3CCCC3)cc12. The summed E-state index contributed by atoms with van der Waals surface area (Å²) < 4.78 is 0. The molecule has 1 saturated carbocycles. The molecule has 4 heteroatoms. The van der Waals surface area contributed by atoms with E-state index in [1.807, 2.05) is 13.1 Å². The van der Waals surface area contributed by atoms with Crippen molar-refractivity contribution in [1.82, 2.24) is 9.97 Å². The van der Waals surface area contributed by atoms with Crippen LogP contribution in [0.15, 0.2) is 23.4 Å². The Morgan fingerprint density at radius 3 is 2.79 bits per heavy atom. The van der Waals surface area contributed by atoms with Crippen molar-refractivity contribution in [3.05, 3.63) is 24.0 Å². The molecule has 1 aliphatic rings. The molecular formula is C15H19N3S. The average Bonchev–Trinajstić information content (AvgIpc) is 2.91. The summed E-state index contributed by atoms with van der Waals surface area (Å²) in [6.45, 7) is 2.03. The Kier molecular flexibility index (Phi) is 3.60. The van der Waals surface area contributed by atoms with Gasteiger partial charge >= 0.3 is 0 Å². The van der Waals surface area contributed by atoms with E-state index in [-0.39, 0.29) is 0 Å². The fourth-order valence-corrected chi connectivity index (χ4v) is 3.39. The van der Waals surface area contributed by atoms with E-state index >= 15 is 0 Å². The van der Waals surface area contributed by atoms with Gasteiger partial charge in [-0.3, -0.25) is 0 Å². The summed E-state index contributed by atoms with van der Waals surface area (Å²) in [7, 11) is 0. The summed E-state index contributed by atoms with van der Waals surface area (Å²) in [6, 6.07) is 4.84. The maximum atomic E-state index is 4.60. The molecule has 0 atom stereocenters. The van der Waals surface area contributed by atoms with E-state index in [4.69, 9.17) is 0 Å². The quantitative estimate of drug-likeness (QED) is 0.857. The molecule has 0 bridgehead atoms. The Balaban J connectivity index is 1.96. The third kappa shape index (κ3) is 2.68. The minimum Gasteiger partial charge on any atom is -0.367 e. The minimum atomic E-state index is 0.598. The molecule has 2 aromatic rings. The van der Waals surface area contributed by atoms with Gasteiger partial charge in [0.05, 0.1) is 0 Å². The zero-order valence-electron chi connectivity index (χ0n) is 11.4. The number of anilines is 1. The van der Waals surface area contributed by atoms with Gasteiger partial charge in [-0.15, -0.1) is 11.8 Å². The van der Waals surface area contributed by atoms with E-state index in [0.29, 0.717) is 6.04 Å². The second kappa shape index (κ2) is 5.37. The van der Waals surface area contributed by atoms with E-state index in [0.717, 1.165) is 16.5 Å². The first-order valence-corrected chi connectivity index (χ1v) is 8.06. The van der Waals surface area contributed by atoms with Crippen molar-refractivity contribution in [2.24, 2.45) is 0 Å². The standard InChI is InChI=1S/C15H19N3S/c1-10-7-11-9-16-14(18-12-5-3-4-6-12)8-13(11)15(17-10)19-2/h7-9,12H,3-6H2,1-2H3,(H,16,18). The Morgan fingerprint density at radius 2 is 2.05 bits per heavy atom. The summed E-state index contributed by atoms with van der Waals surface area (Å²) >= 11 is 1.70. The monoisotopic (exact) mass is 273 g/mol. The first-order valence-electron chi connectivity index (χ1n) is 6.84. The molecule has 0 spiro atoms. The van der Waals surface area contributed by atoms with Gasteiger partial charge in [-0.1, -0.05) is 12.8 Å². The van der Waals surface area contributed by atoms with E-state index in [1.54, 1.807) is 11.8 Å². The lowest BCUT2D eigenvalue weighted by Gasteiger charge is -2.13. The third-order valence-electron chi connectivity index (χ3n) is 3.71. The third-order valence-corrected chi connectivity index (χ3v) is 4.41. The Morgan fingerprint density at radius 1 is 1.26 bits per heavy atom. The molecule has 2 heterocycles. The van der Waals surface area contributed by atoms with Gasteiger partial charge in [0.15, 0.2) is 0 Å². The molecule has 2 aromatic heterocycles. The van der Waals surface area contributed by atoms with Crippen molar-refractivity contribution < 1.29 is 0 Å². The molecule has 3 nitrogen and oxygen atoms in total. The van der Waals surface area contributed by atoms with Gasteiger partial charge in [-0.25, -0.2) is 9.97 Å². The number of hydrogen-bond acceptors (Lipinski definition) is 4. The molecule has 19 heavy (non-hydrogen) atoms. The molecule has 1 N–H and O–H groups in total. The van der Waals surface area contributed by atoms with Gasteiger partial charge in [0.2, 0.25) is 0 Å². The number of nitrogens with zero attached hydrogens (tertiary/aromatic N) is 2. The van der Waals surface area contributed by atoms with Crippen molar-refractivity contribution >= 4 is 28.4 Å². The fourth-order valence-electron chi connectivity index (χ4n) is 2.76. The first kappa shape index (κ1) is 12.7. The van der Waals surface area contributed by atoms with Gasteiger partial charge in [-0.05, 0) is 38.2 Å². The molecule has 1 fully saturated rings. The fraction of sp³-hybridized carbons (Fsp3) is 0.467. The number of pyridine rings is 2. The highest BCUT2D eigenvalue weighted by atomic mass is 32.2. The number of thioether (sulfide) groups is 1. The first-order chi connectivity index (χ1) is 9.26. The van der Waals surface area contributed by atoms with Gasteiger partial charge in [0, 0.05) is 28.7 Å². The van der Waals surface area contributed by atoms with Crippen LogP contribution in [0.25, 0.3) is 10.8 Å². The highest BCUT2D eigenvalue weighted by Gasteiger charge is 2.15. The molecule has 3 rings (SSSR count). The highest BCUT2D eigenvalue weighted by Crippen LogP contribution is 2.28. The number of hydrogen-bond donors (Lipinski definition) is 1. The summed E-state index contributed by atoms with van der Waals surface area (Å²) in [5.41, 5.74) is 1.05. The minimum absolute atomic E-state index is 0.598. The number of fused-ring (bicyclic) bond motifs is 1. The molecule has 0 aliphatic heterocycles. The van der Waals surface area contributed by atoms with E-state index in [9.17, 15) is 0 Å². The van der Waals surface area contributed by atoms with Crippen LogP contribution >= 0.6 is 11.8 Å². The summed E-state index contributed by atoms with van der Waals surface area (Å²) in [4.78, 5) is 9.14. The van der Waals surface area contributed by atoms with Crippen molar-refractivity contribution in [3.63, 3.8) is 0 Å². The van der Waals surface area contributed by atoms with Gasteiger partial charge in [0.1, 0.15) is 10.8 Å². The molecule has 0 saturated heterocycles. The van der Waals surface area contributed by atoms with Gasteiger partial charge in [-0.2, -0.15) is 0 Å². The van der Waals surface area contributed by atoms with Crippen LogP contribution in [0.1, 0.15) is 31.4 Å². The molecule has 0 aromatic carbocycles.